The Balaban J connectivity index is 0.000000909. The number of amides is 1. The number of nitrogens with one attached hydrogen (secondary N) is 3. The maximum atomic E-state index is 11.0. The van der Waals surface area contributed by atoms with Crippen molar-refractivity contribution in [2.75, 3.05) is 48.8 Å². The van der Waals surface area contributed by atoms with Gasteiger partial charge in [-0.15, -0.1) is 0 Å². The third kappa shape index (κ3) is 7.26. The summed E-state index contributed by atoms with van der Waals surface area (Å²) in [6.45, 7) is 8.74. The van der Waals surface area contributed by atoms with Gasteiger partial charge in [0.2, 0.25) is 12.4 Å². The maximum Gasteiger partial charge on any atom is 0.226 e. The SMILES string of the molecule is C=C(C)F.CNc1ccc(Oc2ccc(Nc3ncnc4cnc(N5CCN(C=O)CC5)nc34)cc2C)cc1N=N. The Kier molecular flexibility index (Phi) is 9.30. The molecule has 1 fully saturated rings. The minimum Gasteiger partial charge on any atom is -0.457 e. The van der Waals surface area contributed by atoms with Crippen molar-refractivity contribution in [1.82, 2.24) is 24.8 Å². The molecule has 3 N–H and O–H groups in total. The van der Waals surface area contributed by atoms with Gasteiger partial charge in [0.05, 0.1) is 17.7 Å². The second kappa shape index (κ2) is 13.2. The van der Waals surface area contributed by atoms with E-state index in [4.69, 9.17) is 15.3 Å². The highest BCUT2D eigenvalue weighted by atomic mass is 19.1. The lowest BCUT2D eigenvalue weighted by Gasteiger charge is -2.32. The Morgan fingerprint density at radius 3 is 2.56 bits per heavy atom. The number of carbonyl (C=O) groups is 1. The first-order valence-corrected chi connectivity index (χ1v) is 12.8. The first-order chi connectivity index (χ1) is 19.8. The molecule has 0 saturated carbocycles. The summed E-state index contributed by atoms with van der Waals surface area (Å²) in [6, 6.07) is 11.1. The van der Waals surface area contributed by atoms with Crippen LogP contribution in [0, 0.1) is 12.5 Å². The van der Waals surface area contributed by atoms with E-state index in [2.05, 4.69) is 42.2 Å². The van der Waals surface area contributed by atoms with Crippen LogP contribution >= 0.6 is 0 Å². The average Bonchev–Trinajstić information content (AvgIpc) is 2.98. The molecule has 1 aliphatic rings. The molecule has 0 spiro atoms. The van der Waals surface area contributed by atoms with Crippen molar-refractivity contribution in [2.24, 2.45) is 5.11 Å². The number of benzene rings is 2. The van der Waals surface area contributed by atoms with Crippen LogP contribution in [0.2, 0.25) is 0 Å². The van der Waals surface area contributed by atoms with E-state index >= 15 is 0 Å². The van der Waals surface area contributed by atoms with Crippen molar-refractivity contribution in [3.63, 3.8) is 0 Å². The summed E-state index contributed by atoms with van der Waals surface area (Å²) in [5.74, 6) is 2.09. The molecule has 13 heteroatoms. The fourth-order valence-corrected chi connectivity index (χ4v) is 4.10. The molecule has 0 bridgehead atoms. The first-order valence-electron chi connectivity index (χ1n) is 12.8. The smallest absolute Gasteiger partial charge is 0.226 e. The highest BCUT2D eigenvalue weighted by Crippen LogP contribution is 2.34. The second-order valence-electron chi connectivity index (χ2n) is 9.18. The van der Waals surface area contributed by atoms with Gasteiger partial charge in [0.1, 0.15) is 34.5 Å². The zero-order valence-electron chi connectivity index (χ0n) is 23.1. The van der Waals surface area contributed by atoms with Gasteiger partial charge in [0.15, 0.2) is 5.82 Å². The lowest BCUT2D eigenvalue weighted by atomic mass is 10.2. The number of aryl methyl sites for hydroxylation is 1. The summed E-state index contributed by atoms with van der Waals surface area (Å²) in [5, 5.41) is 9.90. The van der Waals surface area contributed by atoms with Crippen LogP contribution in [0.4, 0.5) is 33.2 Å². The van der Waals surface area contributed by atoms with Gasteiger partial charge in [-0.05, 0) is 49.7 Å². The second-order valence-corrected chi connectivity index (χ2v) is 9.18. The van der Waals surface area contributed by atoms with Crippen molar-refractivity contribution in [2.45, 2.75) is 13.8 Å². The van der Waals surface area contributed by atoms with Crippen LogP contribution in [0.5, 0.6) is 11.5 Å². The van der Waals surface area contributed by atoms with Crippen LogP contribution in [0.25, 0.3) is 11.0 Å². The fraction of sp³-hybridized carbons (Fsp3) is 0.250. The predicted octanol–water partition coefficient (Wildman–Crippen LogP) is 5.74. The van der Waals surface area contributed by atoms with Crippen LogP contribution in [-0.4, -0.2) is 64.5 Å². The van der Waals surface area contributed by atoms with Gasteiger partial charge in [0.25, 0.3) is 0 Å². The standard InChI is InChI=1S/C25H26N10O2.C3H5F/c1-16-11-17(3-6-22(16)37-18-4-5-19(27-2)20(12-18)33-26)31-24-23-21(29-14-30-24)13-28-25(32-23)35-9-7-34(15-36)8-10-35;1-3(2)4/h3-6,11-15,26-27H,7-10H2,1-2H3,(H,29,30,31);1H2,2H3. The van der Waals surface area contributed by atoms with Gasteiger partial charge < -0.3 is 25.2 Å². The zero-order valence-corrected chi connectivity index (χ0v) is 23.1. The number of aromatic nitrogens is 4. The van der Waals surface area contributed by atoms with Crippen LogP contribution in [0.3, 0.4) is 0 Å². The highest BCUT2D eigenvalue weighted by Gasteiger charge is 2.19. The van der Waals surface area contributed by atoms with E-state index in [1.807, 2.05) is 37.3 Å². The normalized spacial score (nSPS) is 12.7. The molecule has 212 valence electrons. The van der Waals surface area contributed by atoms with Gasteiger partial charge in [-0.2, -0.15) is 5.11 Å². The molecule has 1 aliphatic heterocycles. The molecular weight excluding hydrogens is 527 g/mol. The van der Waals surface area contributed by atoms with E-state index < -0.39 is 0 Å². The Hall–Kier alpha value is -5.20. The van der Waals surface area contributed by atoms with E-state index in [-0.39, 0.29) is 5.83 Å². The number of carbonyl (C=O) groups excluding carboxylic acids is 1. The number of halogens is 1. The summed E-state index contributed by atoms with van der Waals surface area (Å²) < 4.78 is 16.9. The highest BCUT2D eigenvalue weighted by molar-refractivity contribution is 5.87. The molecule has 12 nitrogen and oxygen atoms in total. The number of allylic oxidation sites excluding steroid dienone is 1. The number of nitrogens with zero attached hydrogens (tertiary/aromatic N) is 7. The molecule has 0 aliphatic carbocycles. The summed E-state index contributed by atoms with van der Waals surface area (Å²) >= 11 is 0. The lowest BCUT2D eigenvalue weighted by Crippen LogP contribution is -2.46. The number of fused-ring (bicyclic) bond motifs is 1. The number of ether oxygens (including phenoxy) is 1. The molecule has 2 aromatic heterocycles. The molecule has 0 atom stereocenters. The summed E-state index contributed by atoms with van der Waals surface area (Å²) in [6.07, 6.45) is 4.04. The fourth-order valence-electron chi connectivity index (χ4n) is 4.10. The number of piperazine rings is 1. The number of rotatable bonds is 8. The van der Waals surface area contributed by atoms with Crippen molar-refractivity contribution >= 4 is 46.3 Å². The maximum absolute atomic E-state index is 11.0. The molecular formula is C28H31FN10O2. The molecule has 4 aromatic rings. The van der Waals surface area contributed by atoms with E-state index in [1.165, 1.54) is 13.3 Å². The molecule has 41 heavy (non-hydrogen) atoms. The van der Waals surface area contributed by atoms with E-state index in [1.54, 1.807) is 24.2 Å². The summed E-state index contributed by atoms with van der Waals surface area (Å²) in [4.78, 5) is 32.7. The zero-order chi connectivity index (χ0) is 29.4. The summed E-state index contributed by atoms with van der Waals surface area (Å²) in [5.41, 5.74) is 11.6. The van der Waals surface area contributed by atoms with Crippen LogP contribution in [0.15, 0.2) is 66.4 Å². The number of hydrogen-bond acceptors (Lipinski definition) is 11. The van der Waals surface area contributed by atoms with Crippen molar-refractivity contribution in [3.05, 3.63) is 66.9 Å². The molecule has 3 heterocycles. The molecule has 1 amide bonds. The Morgan fingerprint density at radius 1 is 1.15 bits per heavy atom. The Bertz CT molecular complexity index is 1550. The molecule has 0 radical (unpaired) electrons. The minimum absolute atomic E-state index is 0.333. The third-order valence-electron chi connectivity index (χ3n) is 6.14. The number of anilines is 4. The van der Waals surface area contributed by atoms with Crippen molar-refractivity contribution in [3.8, 4) is 11.5 Å². The molecule has 2 aromatic carbocycles. The van der Waals surface area contributed by atoms with Crippen molar-refractivity contribution in [1.29, 1.82) is 5.53 Å². The van der Waals surface area contributed by atoms with Crippen LogP contribution in [0.1, 0.15) is 12.5 Å². The Labute approximate surface area is 236 Å². The van der Waals surface area contributed by atoms with E-state index in [0.717, 1.165) is 23.3 Å². The van der Waals surface area contributed by atoms with Crippen molar-refractivity contribution < 1.29 is 13.9 Å². The van der Waals surface area contributed by atoms with Crippen LogP contribution in [-0.2, 0) is 4.79 Å². The van der Waals surface area contributed by atoms with E-state index in [9.17, 15) is 9.18 Å². The quantitative estimate of drug-likeness (QED) is 0.182. The summed E-state index contributed by atoms with van der Waals surface area (Å²) in [7, 11) is 1.78. The predicted molar refractivity (Wildman–Crippen MR) is 156 cm³/mol. The van der Waals surface area contributed by atoms with Crippen LogP contribution < -0.4 is 20.3 Å². The van der Waals surface area contributed by atoms with Gasteiger partial charge >= 0.3 is 0 Å². The topological polar surface area (TPSA) is 145 Å². The molecule has 0 unspecified atom stereocenters. The van der Waals surface area contributed by atoms with Gasteiger partial charge in [0, 0.05) is 45.0 Å². The van der Waals surface area contributed by atoms with Gasteiger partial charge in [-0.1, -0.05) is 6.58 Å². The number of hydrogen-bond donors (Lipinski definition) is 3. The van der Waals surface area contributed by atoms with E-state index in [0.29, 0.717) is 66.2 Å². The van der Waals surface area contributed by atoms with Gasteiger partial charge in [-0.25, -0.2) is 29.9 Å². The average molecular weight is 559 g/mol. The third-order valence-corrected chi connectivity index (χ3v) is 6.14. The largest absolute Gasteiger partial charge is 0.457 e. The Morgan fingerprint density at radius 2 is 1.90 bits per heavy atom. The molecule has 1 saturated heterocycles. The molecule has 5 rings (SSSR count). The van der Waals surface area contributed by atoms with Gasteiger partial charge in [-0.3, -0.25) is 4.79 Å². The first kappa shape index (κ1) is 28.8. The lowest BCUT2D eigenvalue weighted by molar-refractivity contribution is -0.118. The monoisotopic (exact) mass is 558 g/mol. The minimum atomic E-state index is -0.333.